The molecule has 4 nitrogen and oxygen atoms in total. The van der Waals surface area contributed by atoms with E-state index < -0.39 is 0 Å². The molecule has 0 fully saturated rings. The average molecular weight is 279 g/mol. The molecule has 0 amide bonds. The summed E-state index contributed by atoms with van der Waals surface area (Å²) in [4.78, 5) is 3.96. The number of nitrogens with two attached hydrogens (primary N) is 1. The van der Waals surface area contributed by atoms with Gasteiger partial charge in [0.05, 0.1) is 17.8 Å². The van der Waals surface area contributed by atoms with Crippen LogP contribution >= 0.6 is 11.6 Å². The van der Waals surface area contributed by atoms with Gasteiger partial charge in [-0.05, 0) is 6.42 Å². The van der Waals surface area contributed by atoms with E-state index in [1.54, 1.807) is 36.7 Å². The Balaban J connectivity index is 2.17. The predicted molar refractivity (Wildman–Crippen MR) is 76.0 cm³/mol. The van der Waals surface area contributed by atoms with Crippen LogP contribution < -0.4 is 15.2 Å². The number of hydrogen-bond donors (Lipinski definition) is 1. The highest BCUT2D eigenvalue weighted by Gasteiger charge is 2.03. The van der Waals surface area contributed by atoms with Crippen molar-refractivity contribution in [2.45, 2.75) is 13.3 Å². The first-order valence-electron chi connectivity index (χ1n) is 5.99. The molecule has 0 bridgehead atoms. The number of ether oxygens (including phenoxy) is 2. The molecule has 0 aliphatic carbocycles. The smallest absolute Gasteiger partial charge is 0.147 e. The van der Waals surface area contributed by atoms with Crippen molar-refractivity contribution in [3.63, 3.8) is 0 Å². The number of nitrogen functional groups attached to an aromatic ring is 1. The van der Waals surface area contributed by atoms with Crippen LogP contribution in [0.2, 0.25) is 5.02 Å². The van der Waals surface area contributed by atoms with Crippen LogP contribution in [-0.4, -0.2) is 11.6 Å². The summed E-state index contributed by atoms with van der Waals surface area (Å²) < 4.78 is 11.2. The number of nitrogens with zero attached hydrogens (tertiary/aromatic N) is 1. The monoisotopic (exact) mass is 278 g/mol. The van der Waals surface area contributed by atoms with E-state index >= 15 is 0 Å². The van der Waals surface area contributed by atoms with E-state index in [0.717, 1.165) is 6.42 Å². The van der Waals surface area contributed by atoms with Crippen LogP contribution in [0.4, 0.5) is 5.69 Å². The summed E-state index contributed by atoms with van der Waals surface area (Å²) in [5.41, 5.74) is 6.40. The lowest BCUT2D eigenvalue weighted by Crippen LogP contribution is -1.97. The minimum Gasteiger partial charge on any atom is -0.493 e. The molecule has 0 atom stereocenters. The first-order chi connectivity index (χ1) is 9.17. The van der Waals surface area contributed by atoms with Crippen molar-refractivity contribution in [3.8, 4) is 17.2 Å². The van der Waals surface area contributed by atoms with Crippen LogP contribution in [0, 0.1) is 0 Å². The van der Waals surface area contributed by atoms with Crippen molar-refractivity contribution in [1.82, 2.24) is 4.98 Å². The second kappa shape index (κ2) is 6.29. The molecular formula is C14H15ClN2O2. The van der Waals surface area contributed by atoms with Crippen molar-refractivity contribution >= 4 is 17.3 Å². The Labute approximate surface area is 117 Å². The highest BCUT2D eigenvalue weighted by atomic mass is 35.5. The number of halogens is 1. The van der Waals surface area contributed by atoms with Gasteiger partial charge >= 0.3 is 0 Å². The van der Waals surface area contributed by atoms with Crippen molar-refractivity contribution in [1.29, 1.82) is 0 Å². The Hall–Kier alpha value is -1.94. The van der Waals surface area contributed by atoms with Crippen LogP contribution in [-0.2, 0) is 0 Å². The quantitative estimate of drug-likeness (QED) is 0.843. The molecule has 5 heteroatoms. The van der Waals surface area contributed by atoms with E-state index in [0.29, 0.717) is 34.6 Å². The summed E-state index contributed by atoms with van der Waals surface area (Å²) in [5, 5.41) is 0.517. The second-order valence-electron chi connectivity index (χ2n) is 4.03. The van der Waals surface area contributed by atoms with Gasteiger partial charge < -0.3 is 15.2 Å². The van der Waals surface area contributed by atoms with E-state index in [4.69, 9.17) is 26.8 Å². The van der Waals surface area contributed by atoms with E-state index in [9.17, 15) is 0 Å². The summed E-state index contributed by atoms with van der Waals surface area (Å²) >= 11 is 5.85. The normalized spacial score (nSPS) is 10.2. The van der Waals surface area contributed by atoms with E-state index in [2.05, 4.69) is 4.98 Å². The fraction of sp³-hybridized carbons (Fsp3) is 0.214. The molecule has 0 saturated carbocycles. The van der Waals surface area contributed by atoms with Gasteiger partial charge in [-0.3, -0.25) is 4.98 Å². The molecule has 0 spiro atoms. The minimum absolute atomic E-state index is 0.517. The molecule has 1 heterocycles. The molecule has 1 aromatic heterocycles. The standard InChI is InChI=1S/C14H15ClN2O2/c1-2-3-18-12-5-11(16)6-13(7-12)19-14-4-10(15)8-17-9-14/h4-9H,2-3,16H2,1H3. The van der Waals surface area contributed by atoms with Gasteiger partial charge in [-0.2, -0.15) is 0 Å². The molecule has 2 aromatic rings. The summed E-state index contributed by atoms with van der Waals surface area (Å²) in [6, 6.07) is 6.95. The molecule has 0 radical (unpaired) electrons. The molecule has 2 rings (SSSR count). The third-order valence-electron chi connectivity index (χ3n) is 2.29. The van der Waals surface area contributed by atoms with Gasteiger partial charge in [-0.25, -0.2) is 0 Å². The fourth-order valence-electron chi connectivity index (χ4n) is 1.54. The number of hydrogen-bond acceptors (Lipinski definition) is 4. The Kier molecular flexibility index (Phi) is 4.47. The highest BCUT2D eigenvalue weighted by Crippen LogP contribution is 2.29. The van der Waals surface area contributed by atoms with E-state index in [1.807, 2.05) is 6.92 Å². The largest absolute Gasteiger partial charge is 0.493 e. The van der Waals surface area contributed by atoms with Gasteiger partial charge in [0.25, 0.3) is 0 Å². The molecule has 100 valence electrons. The number of aromatic nitrogens is 1. The third kappa shape index (κ3) is 4.03. The average Bonchev–Trinajstić information content (AvgIpc) is 2.35. The van der Waals surface area contributed by atoms with E-state index in [-0.39, 0.29) is 0 Å². The number of pyridine rings is 1. The molecule has 1 aromatic carbocycles. The van der Waals surface area contributed by atoms with Crippen LogP contribution in [0.1, 0.15) is 13.3 Å². The lowest BCUT2D eigenvalue weighted by molar-refractivity contribution is 0.316. The van der Waals surface area contributed by atoms with Crippen LogP contribution in [0.3, 0.4) is 0 Å². The van der Waals surface area contributed by atoms with E-state index in [1.165, 1.54) is 0 Å². The summed E-state index contributed by atoms with van der Waals surface area (Å²) in [6.45, 7) is 2.68. The molecule has 0 aliphatic rings. The Morgan fingerprint density at radius 1 is 1.11 bits per heavy atom. The fourth-order valence-corrected chi connectivity index (χ4v) is 1.70. The highest BCUT2D eigenvalue weighted by molar-refractivity contribution is 6.30. The van der Waals surface area contributed by atoms with Crippen molar-refractivity contribution in [2.75, 3.05) is 12.3 Å². The zero-order chi connectivity index (χ0) is 13.7. The van der Waals surface area contributed by atoms with Crippen molar-refractivity contribution in [2.24, 2.45) is 0 Å². The Morgan fingerprint density at radius 3 is 2.63 bits per heavy atom. The molecule has 0 aliphatic heterocycles. The topological polar surface area (TPSA) is 57.4 Å². The lowest BCUT2D eigenvalue weighted by atomic mass is 10.3. The second-order valence-corrected chi connectivity index (χ2v) is 4.46. The molecule has 0 saturated heterocycles. The Bertz CT molecular complexity index is 561. The summed E-state index contributed by atoms with van der Waals surface area (Å²) in [6.07, 6.45) is 4.06. The zero-order valence-corrected chi connectivity index (χ0v) is 11.4. The molecule has 19 heavy (non-hydrogen) atoms. The van der Waals surface area contributed by atoms with Gasteiger partial charge in [-0.1, -0.05) is 18.5 Å². The third-order valence-corrected chi connectivity index (χ3v) is 2.50. The summed E-state index contributed by atoms with van der Waals surface area (Å²) in [7, 11) is 0. The first-order valence-corrected chi connectivity index (χ1v) is 6.37. The van der Waals surface area contributed by atoms with Crippen molar-refractivity contribution in [3.05, 3.63) is 41.7 Å². The van der Waals surface area contributed by atoms with Crippen molar-refractivity contribution < 1.29 is 9.47 Å². The number of rotatable bonds is 5. The number of benzene rings is 1. The lowest BCUT2D eigenvalue weighted by Gasteiger charge is -2.10. The van der Waals surface area contributed by atoms with Gasteiger partial charge in [-0.15, -0.1) is 0 Å². The van der Waals surface area contributed by atoms with Crippen LogP contribution in [0.25, 0.3) is 0 Å². The maximum atomic E-state index is 5.85. The van der Waals surface area contributed by atoms with Crippen LogP contribution in [0.5, 0.6) is 17.2 Å². The van der Waals surface area contributed by atoms with Gasteiger partial charge in [0.2, 0.25) is 0 Å². The SMILES string of the molecule is CCCOc1cc(N)cc(Oc2cncc(Cl)c2)c1. The zero-order valence-electron chi connectivity index (χ0n) is 10.6. The first kappa shape index (κ1) is 13.5. The Morgan fingerprint density at radius 2 is 1.89 bits per heavy atom. The maximum Gasteiger partial charge on any atom is 0.147 e. The molecular weight excluding hydrogens is 264 g/mol. The molecule has 0 unspecified atom stereocenters. The minimum atomic E-state index is 0.517. The summed E-state index contributed by atoms with van der Waals surface area (Å²) in [5.74, 6) is 1.83. The maximum absolute atomic E-state index is 5.85. The van der Waals surface area contributed by atoms with Crippen LogP contribution in [0.15, 0.2) is 36.7 Å². The molecule has 2 N–H and O–H groups in total. The number of anilines is 1. The van der Waals surface area contributed by atoms with Gasteiger partial charge in [0, 0.05) is 36.1 Å². The van der Waals surface area contributed by atoms with Gasteiger partial charge in [0.15, 0.2) is 0 Å². The predicted octanol–water partition coefficient (Wildman–Crippen LogP) is 3.90. The van der Waals surface area contributed by atoms with Gasteiger partial charge in [0.1, 0.15) is 17.2 Å².